The van der Waals surface area contributed by atoms with Crippen molar-refractivity contribution in [2.75, 3.05) is 6.54 Å². The molecule has 0 radical (unpaired) electrons. The molecule has 0 amide bonds. The van der Waals surface area contributed by atoms with Gasteiger partial charge in [0.25, 0.3) is 5.56 Å². The molecule has 134 valence electrons. The van der Waals surface area contributed by atoms with Gasteiger partial charge in [0.15, 0.2) is 0 Å². The third-order valence-electron chi connectivity index (χ3n) is 5.20. The second kappa shape index (κ2) is 6.76. The summed E-state index contributed by atoms with van der Waals surface area (Å²) in [5.74, 6) is 0.721. The maximum absolute atomic E-state index is 12.4. The molecule has 0 saturated heterocycles. The van der Waals surface area contributed by atoms with Gasteiger partial charge in [-0.25, -0.2) is 4.98 Å². The fourth-order valence-corrected chi connectivity index (χ4v) is 4.87. The van der Waals surface area contributed by atoms with Crippen molar-refractivity contribution in [3.05, 3.63) is 98.2 Å². The van der Waals surface area contributed by atoms with Crippen molar-refractivity contribution in [2.24, 2.45) is 0 Å². The van der Waals surface area contributed by atoms with Gasteiger partial charge in [-0.15, -0.1) is 11.3 Å². The number of fused-ring (bicyclic) bond motifs is 2. The number of rotatable bonds is 3. The number of thiophene rings is 1. The number of H-pyrrole nitrogens is 1. The SMILES string of the molecule is O=c1[nH]c(CN2CCc3sccc3[C@@H]2c2ccccc2)nc2ccccc12. The fourth-order valence-electron chi connectivity index (χ4n) is 3.97. The monoisotopic (exact) mass is 373 g/mol. The Bertz CT molecular complexity index is 1150. The van der Waals surface area contributed by atoms with E-state index in [9.17, 15) is 4.79 Å². The first-order valence-corrected chi connectivity index (χ1v) is 10.0. The van der Waals surface area contributed by atoms with Crippen LogP contribution in [0.1, 0.15) is 27.9 Å². The molecule has 0 unspecified atom stereocenters. The summed E-state index contributed by atoms with van der Waals surface area (Å²) in [4.78, 5) is 24.0. The number of benzene rings is 2. The Morgan fingerprint density at radius 2 is 1.89 bits per heavy atom. The molecule has 3 heterocycles. The molecule has 0 bridgehead atoms. The zero-order chi connectivity index (χ0) is 18.2. The highest BCUT2D eigenvalue weighted by atomic mass is 32.1. The van der Waals surface area contributed by atoms with Crippen molar-refractivity contribution in [3.8, 4) is 0 Å². The van der Waals surface area contributed by atoms with Gasteiger partial charge in [0.2, 0.25) is 0 Å². The van der Waals surface area contributed by atoms with Crippen molar-refractivity contribution in [3.63, 3.8) is 0 Å². The van der Waals surface area contributed by atoms with Crippen molar-refractivity contribution >= 4 is 22.2 Å². The topological polar surface area (TPSA) is 49.0 Å². The molecule has 0 fully saturated rings. The summed E-state index contributed by atoms with van der Waals surface area (Å²) in [6, 6.07) is 20.5. The Kier molecular flexibility index (Phi) is 4.11. The molecule has 0 aliphatic carbocycles. The summed E-state index contributed by atoms with van der Waals surface area (Å²) in [7, 11) is 0. The van der Waals surface area contributed by atoms with Crippen molar-refractivity contribution in [2.45, 2.75) is 19.0 Å². The Labute approximate surface area is 161 Å². The highest BCUT2D eigenvalue weighted by molar-refractivity contribution is 7.10. The predicted molar refractivity (Wildman–Crippen MR) is 109 cm³/mol. The highest BCUT2D eigenvalue weighted by Crippen LogP contribution is 2.38. The van der Waals surface area contributed by atoms with E-state index in [2.05, 4.69) is 45.6 Å². The summed E-state index contributed by atoms with van der Waals surface area (Å²) in [5, 5.41) is 2.82. The van der Waals surface area contributed by atoms with Crippen molar-refractivity contribution in [1.82, 2.24) is 14.9 Å². The predicted octanol–water partition coefficient (Wildman–Crippen LogP) is 4.13. The van der Waals surface area contributed by atoms with Gasteiger partial charge >= 0.3 is 0 Å². The lowest BCUT2D eigenvalue weighted by Crippen LogP contribution is -2.36. The minimum atomic E-state index is -0.0694. The number of hydrogen-bond acceptors (Lipinski definition) is 4. The molecule has 2 aromatic heterocycles. The van der Waals surface area contributed by atoms with Gasteiger partial charge in [-0.3, -0.25) is 9.69 Å². The van der Waals surface area contributed by atoms with Crippen LogP contribution < -0.4 is 5.56 Å². The minimum Gasteiger partial charge on any atom is -0.309 e. The number of aromatic amines is 1. The molecule has 1 atom stereocenters. The van der Waals surface area contributed by atoms with Crippen molar-refractivity contribution < 1.29 is 0 Å². The number of aromatic nitrogens is 2. The Hall–Kier alpha value is -2.76. The zero-order valence-corrected chi connectivity index (χ0v) is 15.6. The van der Waals surface area contributed by atoms with E-state index >= 15 is 0 Å². The van der Waals surface area contributed by atoms with Gasteiger partial charge in [0.05, 0.1) is 23.5 Å². The number of nitrogens with one attached hydrogen (secondary N) is 1. The van der Waals surface area contributed by atoms with E-state index in [-0.39, 0.29) is 11.6 Å². The molecule has 27 heavy (non-hydrogen) atoms. The van der Waals surface area contributed by atoms with E-state index < -0.39 is 0 Å². The molecule has 4 nitrogen and oxygen atoms in total. The van der Waals surface area contributed by atoms with Gasteiger partial charge in [-0.05, 0) is 41.1 Å². The van der Waals surface area contributed by atoms with Crippen LogP contribution in [0.4, 0.5) is 0 Å². The van der Waals surface area contributed by atoms with Gasteiger partial charge in [0.1, 0.15) is 5.82 Å². The van der Waals surface area contributed by atoms with E-state index in [0.29, 0.717) is 11.9 Å². The number of hydrogen-bond donors (Lipinski definition) is 1. The van der Waals surface area contributed by atoms with Crippen LogP contribution in [-0.4, -0.2) is 21.4 Å². The molecule has 5 heteroatoms. The van der Waals surface area contributed by atoms with E-state index in [0.717, 1.165) is 24.3 Å². The quantitative estimate of drug-likeness (QED) is 0.587. The van der Waals surface area contributed by atoms with Crippen LogP contribution in [0.2, 0.25) is 0 Å². The highest BCUT2D eigenvalue weighted by Gasteiger charge is 2.30. The van der Waals surface area contributed by atoms with Crippen LogP contribution in [0.5, 0.6) is 0 Å². The number of nitrogens with zero attached hydrogens (tertiary/aromatic N) is 2. The van der Waals surface area contributed by atoms with E-state index in [1.165, 1.54) is 16.0 Å². The summed E-state index contributed by atoms with van der Waals surface area (Å²) < 4.78 is 0. The van der Waals surface area contributed by atoms with Gasteiger partial charge in [-0.1, -0.05) is 42.5 Å². The van der Waals surface area contributed by atoms with Gasteiger partial charge < -0.3 is 4.98 Å². The van der Waals surface area contributed by atoms with E-state index in [4.69, 9.17) is 4.98 Å². The molecule has 4 aromatic rings. The summed E-state index contributed by atoms with van der Waals surface area (Å²) in [6.07, 6.45) is 1.04. The van der Waals surface area contributed by atoms with Crippen LogP contribution >= 0.6 is 11.3 Å². The second-order valence-electron chi connectivity index (χ2n) is 6.86. The summed E-state index contributed by atoms with van der Waals surface area (Å²) in [6.45, 7) is 1.57. The van der Waals surface area contributed by atoms with E-state index in [1.54, 1.807) is 0 Å². The van der Waals surface area contributed by atoms with Crippen LogP contribution in [0.3, 0.4) is 0 Å². The van der Waals surface area contributed by atoms with Crippen molar-refractivity contribution in [1.29, 1.82) is 0 Å². The summed E-state index contributed by atoms with van der Waals surface area (Å²) in [5.41, 5.74) is 3.33. The molecular weight excluding hydrogens is 354 g/mol. The molecular formula is C22H19N3OS. The van der Waals surface area contributed by atoms with E-state index in [1.807, 2.05) is 41.7 Å². The smallest absolute Gasteiger partial charge is 0.258 e. The van der Waals surface area contributed by atoms with Crippen LogP contribution in [-0.2, 0) is 13.0 Å². The molecule has 1 aliphatic rings. The third-order valence-corrected chi connectivity index (χ3v) is 6.19. The standard InChI is InChI=1S/C22H19N3OS/c26-22-16-8-4-5-9-18(16)23-20(24-22)14-25-12-10-19-17(11-13-27-19)21(25)15-6-2-1-3-7-15/h1-9,11,13,21H,10,12,14H2,(H,23,24,26)/t21-/m0/s1. The largest absolute Gasteiger partial charge is 0.309 e. The van der Waals surface area contributed by atoms with Gasteiger partial charge in [-0.2, -0.15) is 0 Å². The molecule has 2 aromatic carbocycles. The first kappa shape index (κ1) is 16.4. The Balaban J connectivity index is 1.55. The van der Waals surface area contributed by atoms with Crippen LogP contribution in [0.15, 0.2) is 70.8 Å². The zero-order valence-electron chi connectivity index (χ0n) is 14.8. The normalized spacial score (nSPS) is 17.1. The van der Waals surface area contributed by atoms with Gasteiger partial charge in [0, 0.05) is 11.4 Å². The van der Waals surface area contributed by atoms with Crippen LogP contribution in [0, 0.1) is 0 Å². The minimum absolute atomic E-state index is 0.0694. The molecule has 1 N–H and O–H groups in total. The Morgan fingerprint density at radius 1 is 1.07 bits per heavy atom. The molecule has 5 rings (SSSR count). The average Bonchev–Trinajstić information content (AvgIpc) is 3.17. The average molecular weight is 373 g/mol. The third kappa shape index (κ3) is 2.99. The number of para-hydroxylation sites is 1. The van der Waals surface area contributed by atoms with Crippen LogP contribution in [0.25, 0.3) is 10.9 Å². The fraction of sp³-hybridized carbons (Fsp3) is 0.182. The lowest BCUT2D eigenvalue weighted by molar-refractivity contribution is 0.201. The second-order valence-corrected chi connectivity index (χ2v) is 7.86. The molecule has 0 saturated carbocycles. The first-order valence-electron chi connectivity index (χ1n) is 9.13. The maximum atomic E-state index is 12.4. The Morgan fingerprint density at radius 3 is 2.78 bits per heavy atom. The maximum Gasteiger partial charge on any atom is 0.258 e. The molecule has 0 spiro atoms. The lowest BCUT2D eigenvalue weighted by atomic mass is 9.93. The molecule has 1 aliphatic heterocycles. The lowest BCUT2D eigenvalue weighted by Gasteiger charge is -2.36. The summed E-state index contributed by atoms with van der Waals surface area (Å²) >= 11 is 1.84. The first-order chi connectivity index (χ1) is 13.3.